The van der Waals surface area contributed by atoms with Gasteiger partial charge in [0.25, 0.3) is 0 Å². The molecule has 0 heterocycles. The van der Waals surface area contributed by atoms with Crippen molar-refractivity contribution >= 4 is 10.0 Å². The molecule has 4 nitrogen and oxygen atoms in total. The van der Waals surface area contributed by atoms with E-state index in [1.54, 1.807) is 11.2 Å². The lowest BCUT2D eigenvalue weighted by Crippen LogP contribution is -2.48. The van der Waals surface area contributed by atoms with E-state index in [9.17, 15) is 8.42 Å². The first-order valence-electron chi connectivity index (χ1n) is 7.52. The predicted molar refractivity (Wildman–Crippen MR) is 82.8 cm³/mol. The van der Waals surface area contributed by atoms with E-state index in [2.05, 4.69) is 33.0 Å². The number of nitrogens with one attached hydrogen (secondary N) is 1. The third-order valence-corrected chi connectivity index (χ3v) is 5.70. The van der Waals surface area contributed by atoms with Gasteiger partial charge in [-0.3, -0.25) is 0 Å². The molecular weight excluding hydrogens is 260 g/mol. The first kappa shape index (κ1) is 18.9. The Labute approximate surface area is 120 Å². The van der Waals surface area contributed by atoms with Crippen molar-refractivity contribution in [1.29, 1.82) is 0 Å². The molecule has 0 saturated heterocycles. The topological polar surface area (TPSA) is 49.4 Å². The summed E-state index contributed by atoms with van der Waals surface area (Å²) in [7, 11) is -3.22. The van der Waals surface area contributed by atoms with Gasteiger partial charge in [-0.25, -0.2) is 8.42 Å². The van der Waals surface area contributed by atoms with Crippen molar-refractivity contribution < 1.29 is 8.42 Å². The number of sulfonamides is 1. The molecule has 0 spiro atoms. The van der Waals surface area contributed by atoms with E-state index in [1.807, 2.05) is 6.92 Å². The fraction of sp³-hybridized carbons (Fsp3) is 1.00. The number of hydrogen-bond acceptors (Lipinski definition) is 3. The van der Waals surface area contributed by atoms with Crippen molar-refractivity contribution in [1.82, 2.24) is 9.62 Å². The van der Waals surface area contributed by atoms with Gasteiger partial charge in [-0.15, -0.1) is 0 Å². The Morgan fingerprint density at radius 1 is 1.05 bits per heavy atom. The average molecular weight is 292 g/mol. The summed E-state index contributed by atoms with van der Waals surface area (Å²) >= 11 is 0. The van der Waals surface area contributed by atoms with Crippen LogP contribution in [0.25, 0.3) is 0 Å². The highest BCUT2D eigenvalue weighted by atomic mass is 32.2. The van der Waals surface area contributed by atoms with Crippen LogP contribution in [-0.4, -0.2) is 43.6 Å². The summed E-state index contributed by atoms with van der Waals surface area (Å²) in [5.74, 6) is 0.349. The second kappa shape index (κ2) is 8.93. The van der Waals surface area contributed by atoms with E-state index in [0.717, 1.165) is 19.4 Å². The molecule has 19 heavy (non-hydrogen) atoms. The average Bonchev–Trinajstić information content (AvgIpc) is 2.35. The molecule has 0 fully saturated rings. The summed E-state index contributed by atoms with van der Waals surface area (Å²) in [6.07, 6.45) is 1.74. The first-order valence-corrected chi connectivity index (χ1v) is 9.02. The van der Waals surface area contributed by atoms with E-state index in [-0.39, 0.29) is 11.3 Å². The quantitative estimate of drug-likeness (QED) is 0.673. The molecule has 0 radical (unpaired) electrons. The van der Waals surface area contributed by atoms with Crippen molar-refractivity contribution in [3.05, 3.63) is 0 Å². The third-order valence-electron chi connectivity index (χ3n) is 3.41. The fourth-order valence-corrected chi connectivity index (χ4v) is 4.21. The van der Waals surface area contributed by atoms with Crippen LogP contribution in [0.1, 0.15) is 54.4 Å². The molecule has 0 saturated carbocycles. The maximum absolute atomic E-state index is 12.7. The second-order valence-corrected chi connectivity index (χ2v) is 7.90. The van der Waals surface area contributed by atoms with Crippen LogP contribution >= 0.6 is 0 Å². The van der Waals surface area contributed by atoms with Crippen LogP contribution in [0.5, 0.6) is 0 Å². The largest absolute Gasteiger partial charge is 0.316 e. The highest BCUT2D eigenvalue weighted by Crippen LogP contribution is 2.19. The molecule has 0 aliphatic carbocycles. The van der Waals surface area contributed by atoms with E-state index in [4.69, 9.17) is 0 Å². The summed E-state index contributed by atoms with van der Waals surface area (Å²) < 4.78 is 27.2. The lowest BCUT2D eigenvalue weighted by Gasteiger charge is -2.33. The highest BCUT2D eigenvalue weighted by Gasteiger charge is 2.32. The van der Waals surface area contributed by atoms with Crippen LogP contribution in [0, 0.1) is 5.92 Å². The molecule has 0 aliphatic rings. The zero-order chi connectivity index (χ0) is 15.1. The Bertz CT molecular complexity index is 324. The van der Waals surface area contributed by atoms with Gasteiger partial charge in [0.2, 0.25) is 10.0 Å². The van der Waals surface area contributed by atoms with E-state index >= 15 is 0 Å². The van der Waals surface area contributed by atoms with Gasteiger partial charge in [-0.2, -0.15) is 4.31 Å². The normalized spacial score (nSPS) is 14.6. The van der Waals surface area contributed by atoms with Gasteiger partial charge in [0.15, 0.2) is 0 Å². The molecule has 0 bridgehead atoms. The van der Waals surface area contributed by atoms with E-state index in [1.165, 1.54) is 0 Å². The van der Waals surface area contributed by atoms with Gasteiger partial charge in [-0.05, 0) is 32.2 Å². The maximum Gasteiger partial charge on any atom is 0.218 e. The fourth-order valence-electron chi connectivity index (χ4n) is 2.20. The Morgan fingerprint density at radius 3 is 1.95 bits per heavy atom. The minimum atomic E-state index is -3.22. The zero-order valence-corrected chi connectivity index (χ0v) is 14.3. The molecule has 0 aliphatic heterocycles. The summed E-state index contributed by atoms with van der Waals surface area (Å²) in [4.78, 5) is 0. The van der Waals surface area contributed by atoms with Gasteiger partial charge in [0.05, 0.1) is 5.25 Å². The summed E-state index contributed by atoms with van der Waals surface area (Å²) in [5.41, 5.74) is 0. The van der Waals surface area contributed by atoms with Gasteiger partial charge >= 0.3 is 0 Å². The van der Waals surface area contributed by atoms with Crippen LogP contribution in [0.15, 0.2) is 0 Å². The van der Waals surface area contributed by atoms with Gasteiger partial charge < -0.3 is 5.32 Å². The van der Waals surface area contributed by atoms with Gasteiger partial charge in [0, 0.05) is 19.1 Å². The first-order chi connectivity index (χ1) is 8.81. The molecule has 0 aromatic rings. The number of hydrogen-bond donors (Lipinski definition) is 1. The van der Waals surface area contributed by atoms with Crippen molar-refractivity contribution in [3.63, 3.8) is 0 Å². The Morgan fingerprint density at radius 2 is 1.58 bits per heavy atom. The number of rotatable bonds is 10. The van der Waals surface area contributed by atoms with Crippen LogP contribution in [0.3, 0.4) is 0 Å². The Hall–Kier alpha value is -0.130. The molecule has 0 aromatic carbocycles. The molecule has 0 aromatic heterocycles. The van der Waals surface area contributed by atoms with Crippen molar-refractivity contribution in [3.8, 4) is 0 Å². The summed E-state index contributed by atoms with van der Waals surface area (Å²) in [5, 5.41) is 2.76. The van der Waals surface area contributed by atoms with Crippen molar-refractivity contribution in [2.75, 3.05) is 19.6 Å². The minimum absolute atomic E-state index is 0.122. The van der Waals surface area contributed by atoms with Gasteiger partial charge in [-0.1, -0.05) is 34.6 Å². The molecule has 0 rings (SSSR count). The molecule has 1 atom stereocenters. The Kier molecular flexibility index (Phi) is 8.86. The maximum atomic E-state index is 12.7. The van der Waals surface area contributed by atoms with E-state index in [0.29, 0.717) is 19.0 Å². The molecular formula is C14H32N2O2S. The van der Waals surface area contributed by atoms with E-state index < -0.39 is 10.0 Å². The number of nitrogens with zero attached hydrogens (tertiary/aromatic N) is 1. The molecule has 0 amide bonds. The third kappa shape index (κ3) is 5.79. The van der Waals surface area contributed by atoms with Crippen LogP contribution in [-0.2, 0) is 10.0 Å². The van der Waals surface area contributed by atoms with Gasteiger partial charge in [0.1, 0.15) is 0 Å². The standard InChI is InChI=1S/C14H32N2O2S/c1-7-14(8-2)16(11-12(4)5)19(17,18)13(6)10-15-9-3/h12-15H,7-11H2,1-6H3. The lowest BCUT2D eigenvalue weighted by molar-refractivity contribution is 0.274. The van der Waals surface area contributed by atoms with Crippen molar-refractivity contribution in [2.45, 2.75) is 65.7 Å². The lowest BCUT2D eigenvalue weighted by atomic mass is 10.1. The zero-order valence-electron chi connectivity index (χ0n) is 13.4. The van der Waals surface area contributed by atoms with Crippen molar-refractivity contribution in [2.24, 2.45) is 5.92 Å². The van der Waals surface area contributed by atoms with Crippen LogP contribution < -0.4 is 5.32 Å². The summed E-state index contributed by atoms with van der Waals surface area (Å²) in [6, 6.07) is 0.122. The second-order valence-electron chi connectivity index (χ2n) is 5.60. The summed E-state index contributed by atoms with van der Waals surface area (Å²) in [6.45, 7) is 14.0. The Balaban J connectivity index is 5.10. The monoisotopic (exact) mass is 292 g/mol. The molecule has 1 N–H and O–H groups in total. The molecule has 116 valence electrons. The predicted octanol–water partition coefficient (Wildman–Crippen LogP) is 2.46. The smallest absolute Gasteiger partial charge is 0.218 e. The highest BCUT2D eigenvalue weighted by molar-refractivity contribution is 7.89. The molecule has 1 unspecified atom stereocenters. The molecule has 5 heteroatoms. The SMILES string of the molecule is CCNCC(C)S(=O)(=O)N(CC(C)C)C(CC)CC. The van der Waals surface area contributed by atoms with Crippen LogP contribution in [0.4, 0.5) is 0 Å². The van der Waals surface area contributed by atoms with Crippen LogP contribution in [0.2, 0.25) is 0 Å². The minimum Gasteiger partial charge on any atom is -0.316 e.